The van der Waals surface area contributed by atoms with Crippen LogP contribution in [0.15, 0.2) is 30.7 Å². The number of nitrogens with zero attached hydrogens (tertiary/aromatic N) is 5. The van der Waals surface area contributed by atoms with Gasteiger partial charge in [-0.3, -0.25) is 4.90 Å². The Morgan fingerprint density at radius 3 is 2.86 bits per heavy atom. The van der Waals surface area contributed by atoms with Gasteiger partial charge >= 0.3 is 6.03 Å². The lowest BCUT2D eigenvalue weighted by Crippen LogP contribution is -2.34. The lowest BCUT2D eigenvalue weighted by atomic mass is 10.2. The molecule has 2 aliphatic rings. The van der Waals surface area contributed by atoms with Gasteiger partial charge in [-0.2, -0.15) is 0 Å². The molecular formula is C20H21FN6O. The number of anilines is 3. The van der Waals surface area contributed by atoms with E-state index in [4.69, 9.17) is 0 Å². The molecule has 8 heteroatoms. The molecule has 0 spiro atoms. The minimum absolute atomic E-state index is 0.124. The summed E-state index contributed by atoms with van der Waals surface area (Å²) in [7, 11) is 0. The minimum atomic E-state index is -0.510. The predicted molar refractivity (Wildman–Crippen MR) is 106 cm³/mol. The molecule has 1 fully saturated rings. The van der Waals surface area contributed by atoms with Crippen LogP contribution in [0.2, 0.25) is 0 Å². The number of nitrogens with one attached hydrogen (secondary N) is 1. The summed E-state index contributed by atoms with van der Waals surface area (Å²) >= 11 is 0. The van der Waals surface area contributed by atoms with Gasteiger partial charge in [0.2, 0.25) is 0 Å². The number of amides is 2. The summed E-state index contributed by atoms with van der Waals surface area (Å²) in [6.45, 7) is 4.46. The molecule has 5 heterocycles. The highest BCUT2D eigenvalue weighted by molar-refractivity contribution is 6.03. The summed E-state index contributed by atoms with van der Waals surface area (Å²) in [5, 5.41) is 2.69. The van der Waals surface area contributed by atoms with E-state index in [1.807, 2.05) is 13.0 Å². The number of imidazole rings is 1. The van der Waals surface area contributed by atoms with Crippen LogP contribution < -0.4 is 15.1 Å². The summed E-state index contributed by atoms with van der Waals surface area (Å²) in [6, 6.07) is 2.98. The molecule has 0 aliphatic carbocycles. The zero-order valence-electron chi connectivity index (χ0n) is 15.7. The number of aromatic nitrogens is 3. The molecule has 0 radical (unpaired) electrons. The van der Waals surface area contributed by atoms with Crippen LogP contribution in [-0.2, 0) is 6.42 Å². The average molecular weight is 380 g/mol. The highest BCUT2D eigenvalue weighted by atomic mass is 19.1. The molecule has 0 atom stereocenters. The standard InChI is InChI=1S/C20H21FN6O/c1-13-11-26-12-16(15(21)10-18(26)23-13)24-20(28)27-9-5-14-17(4-6-22-19(14)27)25-7-2-3-8-25/h4,6,10-12H,2-3,5,7-9H2,1H3,(H,24,28). The summed E-state index contributed by atoms with van der Waals surface area (Å²) in [5.41, 5.74) is 3.69. The Bertz CT molecular complexity index is 1070. The Labute approximate surface area is 161 Å². The van der Waals surface area contributed by atoms with E-state index < -0.39 is 5.82 Å². The largest absolute Gasteiger partial charge is 0.371 e. The molecule has 7 nitrogen and oxygen atoms in total. The minimum Gasteiger partial charge on any atom is -0.371 e. The smallest absolute Gasteiger partial charge is 0.327 e. The van der Waals surface area contributed by atoms with Crippen LogP contribution in [0.5, 0.6) is 0 Å². The van der Waals surface area contributed by atoms with Crippen molar-refractivity contribution in [3.63, 3.8) is 0 Å². The first-order valence-electron chi connectivity index (χ1n) is 9.56. The van der Waals surface area contributed by atoms with Crippen molar-refractivity contribution in [2.24, 2.45) is 0 Å². The lowest BCUT2D eigenvalue weighted by Gasteiger charge is -2.21. The molecule has 1 N–H and O–H groups in total. The first kappa shape index (κ1) is 17.0. The Balaban J connectivity index is 1.42. The SMILES string of the molecule is Cc1cn2cc(NC(=O)N3CCc4c(N5CCCC5)ccnc43)c(F)cc2n1. The molecular weight excluding hydrogens is 359 g/mol. The van der Waals surface area contributed by atoms with E-state index in [2.05, 4.69) is 20.2 Å². The molecule has 5 rings (SSSR count). The number of rotatable bonds is 2. The maximum absolute atomic E-state index is 14.4. The molecule has 1 saturated heterocycles. The van der Waals surface area contributed by atoms with Crippen molar-refractivity contribution in [3.05, 3.63) is 47.8 Å². The lowest BCUT2D eigenvalue weighted by molar-refractivity contribution is 0.257. The van der Waals surface area contributed by atoms with Gasteiger partial charge in [-0.15, -0.1) is 0 Å². The third-order valence-electron chi connectivity index (χ3n) is 5.45. The van der Waals surface area contributed by atoms with Crippen molar-refractivity contribution in [2.75, 3.05) is 34.8 Å². The van der Waals surface area contributed by atoms with Crippen LogP contribution in [0, 0.1) is 12.7 Å². The quantitative estimate of drug-likeness (QED) is 0.740. The predicted octanol–water partition coefficient (Wildman–Crippen LogP) is 3.37. The molecule has 144 valence electrons. The first-order valence-corrected chi connectivity index (χ1v) is 9.56. The van der Waals surface area contributed by atoms with Crippen LogP contribution in [0.25, 0.3) is 5.65 Å². The fraction of sp³-hybridized carbons (Fsp3) is 0.350. The molecule has 3 aromatic heterocycles. The average Bonchev–Trinajstić information content (AvgIpc) is 3.40. The first-order chi connectivity index (χ1) is 13.6. The second kappa shape index (κ2) is 6.47. The van der Waals surface area contributed by atoms with Crippen LogP contribution in [0.1, 0.15) is 24.1 Å². The summed E-state index contributed by atoms with van der Waals surface area (Å²) < 4.78 is 16.1. The Kier molecular flexibility index (Phi) is 3.92. The van der Waals surface area contributed by atoms with Gasteiger partial charge < -0.3 is 14.6 Å². The number of hydrogen-bond donors (Lipinski definition) is 1. The fourth-order valence-corrected chi connectivity index (χ4v) is 4.14. The molecule has 3 aromatic rings. The Morgan fingerprint density at radius 1 is 1.21 bits per heavy atom. The van der Waals surface area contributed by atoms with E-state index >= 15 is 0 Å². The van der Waals surface area contributed by atoms with Crippen molar-refractivity contribution in [2.45, 2.75) is 26.2 Å². The van der Waals surface area contributed by atoms with Crippen LogP contribution >= 0.6 is 0 Å². The van der Waals surface area contributed by atoms with E-state index in [1.54, 1.807) is 27.9 Å². The second-order valence-electron chi connectivity index (χ2n) is 7.34. The number of carbonyl (C=O) groups excluding carboxylic acids is 1. The normalized spacial score (nSPS) is 16.1. The third kappa shape index (κ3) is 2.76. The maximum atomic E-state index is 14.4. The van der Waals surface area contributed by atoms with Crippen molar-refractivity contribution in [1.82, 2.24) is 14.4 Å². The van der Waals surface area contributed by atoms with Crippen molar-refractivity contribution in [3.8, 4) is 0 Å². The van der Waals surface area contributed by atoms with Crippen LogP contribution in [0.3, 0.4) is 0 Å². The number of fused-ring (bicyclic) bond motifs is 2. The Morgan fingerprint density at radius 2 is 2.04 bits per heavy atom. The molecule has 0 bridgehead atoms. The van der Waals surface area contributed by atoms with Crippen molar-refractivity contribution >= 4 is 28.9 Å². The fourth-order valence-electron chi connectivity index (χ4n) is 4.14. The highest BCUT2D eigenvalue weighted by Gasteiger charge is 2.30. The second-order valence-corrected chi connectivity index (χ2v) is 7.34. The van der Waals surface area contributed by atoms with E-state index in [0.717, 1.165) is 30.8 Å². The zero-order valence-corrected chi connectivity index (χ0v) is 15.7. The number of aryl methyl sites for hydroxylation is 1. The number of carbonyl (C=O) groups is 1. The van der Waals surface area contributed by atoms with Gasteiger partial charge in [0.25, 0.3) is 0 Å². The molecule has 0 unspecified atom stereocenters. The van der Waals surface area contributed by atoms with Crippen LogP contribution in [0.4, 0.5) is 26.4 Å². The third-order valence-corrected chi connectivity index (χ3v) is 5.45. The topological polar surface area (TPSA) is 65.8 Å². The van der Waals surface area contributed by atoms with Gasteiger partial charge in [-0.25, -0.2) is 19.2 Å². The van der Waals surface area contributed by atoms with Gasteiger partial charge in [-0.1, -0.05) is 0 Å². The van der Waals surface area contributed by atoms with Crippen molar-refractivity contribution < 1.29 is 9.18 Å². The van der Waals surface area contributed by atoms with E-state index in [1.165, 1.54) is 24.6 Å². The summed E-state index contributed by atoms with van der Waals surface area (Å²) in [6.07, 6.45) is 8.23. The number of urea groups is 1. The molecule has 0 saturated carbocycles. The molecule has 2 amide bonds. The maximum Gasteiger partial charge on any atom is 0.327 e. The van der Waals surface area contributed by atoms with Gasteiger partial charge in [0.15, 0.2) is 5.82 Å². The number of pyridine rings is 2. The van der Waals surface area contributed by atoms with Gasteiger partial charge in [0.1, 0.15) is 11.5 Å². The molecule has 2 aliphatic heterocycles. The van der Waals surface area contributed by atoms with Gasteiger partial charge in [-0.05, 0) is 32.3 Å². The number of hydrogen-bond acceptors (Lipinski definition) is 4. The molecule has 0 aromatic carbocycles. The highest BCUT2D eigenvalue weighted by Crippen LogP contribution is 2.35. The Hall–Kier alpha value is -3.16. The monoisotopic (exact) mass is 380 g/mol. The van der Waals surface area contributed by atoms with Gasteiger partial charge in [0, 0.05) is 55.5 Å². The van der Waals surface area contributed by atoms with E-state index in [9.17, 15) is 9.18 Å². The van der Waals surface area contributed by atoms with Gasteiger partial charge in [0.05, 0.1) is 11.4 Å². The van der Waals surface area contributed by atoms with Crippen molar-refractivity contribution in [1.29, 1.82) is 0 Å². The summed E-state index contributed by atoms with van der Waals surface area (Å²) in [4.78, 5) is 25.5. The van der Waals surface area contributed by atoms with E-state index in [-0.39, 0.29) is 11.7 Å². The number of halogens is 1. The van der Waals surface area contributed by atoms with E-state index in [0.29, 0.717) is 18.0 Å². The zero-order chi connectivity index (χ0) is 19.3. The summed E-state index contributed by atoms with van der Waals surface area (Å²) in [5.74, 6) is 0.159. The van der Waals surface area contributed by atoms with Crippen LogP contribution in [-0.4, -0.2) is 40.0 Å². The molecule has 28 heavy (non-hydrogen) atoms.